The van der Waals surface area contributed by atoms with Gasteiger partial charge in [0.15, 0.2) is 0 Å². The molecule has 0 spiro atoms. The molecular weight excluding hydrogens is 246 g/mol. The van der Waals surface area contributed by atoms with Crippen molar-refractivity contribution in [1.82, 2.24) is 5.32 Å². The van der Waals surface area contributed by atoms with Crippen LogP contribution in [0.1, 0.15) is 24.9 Å². The van der Waals surface area contributed by atoms with E-state index in [4.69, 9.17) is 9.47 Å². The minimum atomic E-state index is 0.285. The number of rotatable bonds is 8. The van der Waals surface area contributed by atoms with E-state index in [-0.39, 0.29) is 6.04 Å². The zero-order valence-corrected chi connectivity index (χ0v) is 12.5. The lowest BCUT2D eigenvalue weighted by Gasteiger charge is -2.18. The summed E-state index contributed by atoms with van der Waals surface area (Å²) in [5.41, 5.74) is 1.17. The SMILES string of the molecule is COc1ccc(C(C)NCCCSC)c(OC)c1. The molecule has 1 aromatic rings. The molecule has 0 aliphatic heterocycles. The molecule has 3 nitrogen and oxygen atoms in total. The third kappa shape index (κ3) is 4.42. The van der Waals surface area contributed by atoms with Crippen LogP contribution in [0.15, 0.2) is 18.2 Å². The number of thioether (sulfide) groups is 1. The van der Waals surface area contributed by atoms with Crippen molar-refractivity contribution in [3.8, 4) is 11.5 Å². The smallest absolute Gasteiger partial charge is 0.127 e. The molecule has 102 valence electrons. The maximum absolute atomic E-state index is 5.41. The summed E-state index contributed by atoms with van der Waals surface area (Å²) >= 11 is 1.88. The van der Waals surface area contributed by atoms with Crippen LogP contribution in [0.2, 0.25) is 0 Å². The van der Waals surface area contributed by atoms with Gasteiger partial charge in [0.05, 0.1) is 14.2 Å². The summed E-state index contributed by atoms with van der Waals surface area (Å²) in [6.07, 6.45) is 3.32. The van der Waals surface area contributed by atoms with Crippen LogP contribution in [0, 0.1) is 0 Å². The highest BCUT2D eigenvalue weighted by molar-refractivity contribution is 7.98. The average molecular weight is 269 g/mol. The summed E-state index contributed by atoms with van der Waals surface area (Å²) in [5, 5.41) is 3.51. The van der Waals surface area contributed by atoms with E-state index in [1.165, 1.54) is 17.7 Å². The minimum Gasteiger partial charge on any atom is -0.497 e. The van der Waals surface area contributed by atoms with Crippen molar-refractivity contribution >= 4 is 11.8 Å². The number of hydrogen-bond donors (Lipinski definition) is 1. The lowest BCUT2D eigenvalue weighted by Crippen LogP contribution is -2.20. The fourth-order valence-electron chi connectivity index (χ4n) is 1.82. The van der Waals surface area contributed by atoms with E-state index in [2.05, 4.69) is 24.6 Å². The highest BCUT2D eigenvalue weighted by atomic mass is 32.2. The van der Waals surface area contributed by atoms with Gasteiger partial charge in [-0.3, -0.25) is 0 Å². The van der Waals surface area contributed by atoms with Crippen LogP contribution in [-0.4, -0.2) is 32.8 Å². The van der Waals surface area contributed by atoms with Crippen molar-refractivity contribution in [2.45, 2.75) is 19.4 Å². The highest BCUT2D eigenvalue weighted by Gasteiger charge is 2.11. The molecule has 0 fully saturated rings. The Balaban J connectivity index is 2.63. The summed E-state index contributed by atoms with van der Waals surface area (Å²) in [6, 6.07) is 6.24. The molecular formula is C14H23NO2S. The second-order valence-corrected chi connectivity index (χ2v) is 5.12. The Bertz CT molecular complexity index is 358. The van der Waals surface area contributed by atoms with E-state index in [1.807, 2.05) is 23.9 Å². The summed E-state index contributed by atoms with van der Waals surface area (Å²) in [5.74, 6) is 2.89. The maximum Gasteiger partial charge on any atom is 0.127 e. The number of nitrogens with one attached hydrogen (secondary N) is 1. The second-order valence-electron chi connectivity index (χ2n) is 4.13. The first-order chi connectivity index (χ1) is 8.72. The first-order valence-electron chi connectivity index (χ1n) is 6.17. The van der Waals surface area contributed by atoms with Crippen molar-refractivity contribution < 1.29 is 9.47 Å². The van der Waals surface area contributed by atoms with Crippen molar-refractivity contribution in [2.75, 3.05) is 32.8 Å². The van der Waals surface area contributed by atoms with Crippen molar-refractivity contribution in [3.05, 3.63) is 23.8 Å². The molecule has 1 unspecified atom stereocenters. The molecule has 0 saturated heterocycles. The van der Waals surface area contributed by atoms with E-state index in [0.29, 0.717) is 0 Å². The molecule has 4 heteroatoms. The standard InChI is InChI=1S/C14H23NO2S/c1-11(15-8-5-9-18-4)13-7-6-12(16-2)10-14(13)17-3/h6-7,10-11,15H,5,8-9H2,1-4H3. The summed E-state index contributed by atoms with van der Waals surface area (Å²) in [7, 11) is 3.36. The first-order valence-corrected chi connectivity index (χ1v) is 7.56. The fourth-order valence-corrected chi connectivity index (χ4v) is 2.25. The quantitative estimate of drug-likeness (QED) is 0.735. The molecule has 0 aliphatic carbocycles. The Morgan fingerprint density at radius 2 is 2.06 bits per heavy atom. The summed E-state index contributed by atoms with van der Waals surface area (Å²) < 4.78 is 10.6. The van der Waals surface area contributed by atoms with E-state index in [9.17, 15) is 0 Å². The molecule has 0 radical (unpaired) electrons. The topological polar surface area (TPSA) is 30.5 Å². The second kappa shape index (κ2) is 8.27. The molecule has 0 aliphatic rings. The molecule has 0 saturated carbocycles. The normalized spacial score (nSPS) is 12.2. The zero-order chi connectivity index (χ0) is 13.4. The molecule has 1 aromatic carbocycles. The minimum absolute atomic E-state index is 0.285. The number of methoxy groups -OCH3 is 2. The highest BCUT2D eigenvalue weighted by Crippen LogP contribution is 2.29. The van der Waals surface area contributed by atoms with Crippen LogP contribution in [0.5, 0.6) is 11.5 Å². The van der Waals surface area contributed by atoms with Crippen LogP contribution in [0.25, 0.3) is 0 Å². The third-order valence-corrected chi connectivity index (χ3v) is 3.58. The summed E-state index contributed by atoms with van der Waals surface area (Å²) in [4.78, 5) is 0. The number of hydrogen-bond acceptors (Lipinski definition) is 4. The first kappa shape index (κ1) is 15.2. The average Bonchev–Trinajstić information content (AvgIpc) is 2.42. The molecule has 1 rings (SSSR count). The van der Waals surface area contributed by atoms with E-state index < -0.39 is 0 Å². The Hall–Kier alpha value is -0.870. The van der Waals surface area contributed by atoms with Gasteiger partial charge in [-0.15, -0.1) is 0 Å². The van der Waals surface area contributed by atoms with Gasteiger partial charge in [0.2, 0.25) is 0 Å². The predicted molar refractivity (Wildman–Crippen MR) is 79.0 cm³/mol. The predicted octanol–water partition coefficient (Wildman–Crippen LogP) is 3.11. The van der Waals surface area contributed by atoms with Gasteiger partial charge in [0, 0.05) is 17.7 Å². The fraction of sp³-hybridized carbons (Fsp3) is 0.571. The van der Waals surface area contributed by atoms with Gasteiger partial charge in [0.25, 0.3) is 0 Å². The molecule has 0 bridgehead atoms. The third-order valence-electron chi connectivity index (χ3n) is 2.88. The van der Waals surface area contributed by atoms with Gasteiger partial charge < -0.3 is 14.8 Å². The lowest BCUT2D eigenvalue weighted by molar-refractivity contribution is 0.386. The number of ether oxygens (including phenoxy) is 2. The maximum atomic E-state index is 5.41. The Kier molecular flexibility index (Phi) is 6.98. The molecule has 0 aromatic heterocycles. The van der Waals surface area contributed by atoms with Crippen LogP contribution in [0.3, 0.4) is 0 Å². The molecule has 1 N–H and O–H groups in total. The van der Waals surface area contributed by atoms with Gasteiger partial charge in [-0.1, -0.05) is 6.07 Å². The van der Waals surface area contributed by atoms with E-state index >= 15 is 0 Å². The molecule has 0 amide bonds. The largest absolute Gasteiger partial charge is 0.497 e. The van der Waals surface area contributed by atoms with Crippen LogP contribution >= 0.6 is 11.8 Å². The van der Waals surface area contributed by atoms with Crippen molar-refractivity contribution in [1.29, 1.82) is 0 Å². The van der Waals surface area contributed by atoms with Gasteiger partial charge in [-0.2, -0.15) is 11.8 Å². The molecule has 1 atom stereocenters. The Labute approximate surface area is 114 Å². The van der Waals surface area contributed by atoms with Gasteiger partial charge in [-0.25, -0.2) is 0 Å². The van der Waals surface area contributed by atoms with Gasteiger partial charge in [0.1, 0.15) is 11.5 Å². The van der Waals surface area contributed by atoms with Crippen LogP contribution < -0.4 is 14.8 Å². The molecule has 0 heterocycles. The van der Waals surface area contributed by atoms with Crippen LogP contribution in [-0.2, 0) is 0 Å². The lowest BCUT2D eigenvalue weighted by atomic mass is 10.1. The van der Waals surface area contributed by atoms with Crippen LogP contribution in [0.4, 0.5) is 0 Å². The van der Waals surface area contributed by atoms with Crippen molar-refractivity contribution in [2.24, 2.45) is 0 Å². The Morgan fingerprint density at radius 1 is 1.28 bits per heavy atom. The van der Waals surface area contributed by atoms with Gasteiger partial charge >= 0.3 is 0 Å². The molecule has 18 heavy (non-hydrogen) atoms. The van der Waals surface area contributed by atoms with Crippen molar-refractivity contribution in [3.63, 3.8) is 0 Å². The monoisotopic (exact) mass is 269 g/mol. The summed E-state index contributed by atoms with van der Waals surface area (Å²) in [6.45, 7) is 3.18. The van der Waals surface area contributed by atoms with Gasteiger partial charge in [-0.05, 0) is 38.0 Å². The zero-order valence-electron chi connectivity index (χ0n) is 11.7. The number of benzene rings is 1. The van der Waals surface area contributed by atoms with E-state index in [1.54, 1.807) is 14.2 Å². The Morgan fingerprint density at radius 3 is 2.67 bits per heavy atom. The van der Waals surface area contributed by atoms with E-state index in [0.717, 1.165) is 18.0 Å².